The van der Waals surface area contributed by atoms with Crippen molar-refractivity contribution in [2.75, 3.05) is 19.6 Å². The van der Waals surface area contributed by atoms with Crippen LogP contribution in [0.3, 0.4) is 0 Å². The van der Waals surface area contributed by atoms with Gasteiger partial charge in [-0.05, 0) is 43.4 Å². The number of benzene rings is 1. The van der Waals surface area contributed by atoms with Crippen molar-refractivity contribution in [1.29, 1.82) is 0 Å². The zero-order valence-electron chi connectivity index (χ0n) is 20.5. The maximum atomic E-state index is 13.0. The van der Waals surface area contributed by atoms with Crippen molar-refractivity contribution in [3.63, 3.8) is 0 Å². The lowest BCUT2D eigenvalue weighted by atomic mass is 10.1. The highest BCUT2D eigenvalue weighted by Crippen LogP contribution is 2.16. The maximum absolute atomic E-state index is 13.0. The van der Waals surface area contributed by atoms with Gasteiger partial charge in [-0.1, -0.05) is 23.7 Å². The highest BCUT2D eigenvalue weighted by atomic mass is 35.5. The Bertz CT molecular complexity index is 1250. The first-order valence-corrected chi connectivity index (χ1v) is 14.8. The van der Waals surface area contributed by atoms with Crippen molar-refractivity contribution in [1.82, 2.24) is 19.9 Å². The number of aromatic nitrogens is 1. The minimum absolute atomic E-state index is 0.0706. The Morgan fingerprint density at radius 1 is 1.26 bits per heavy atom. The van der Waals surface area contributed by atoms with Crippen molar-refractivity contribution < 1.29 is 22.8 Å². The summed E-state index contributed by atoms with van der Waals surface area (Å²) in [5, 5.41) is 5.08. The molecule has 0 unspecified atom stereocenters. The van der Waals surface area contributed by atoms with Gasteiger partial charge in [0.25, 0.3) is 0 Å². The summed E-state index contributed by atoms with van der Waals surface area (Å²) in [6.07, 6.45) is 3.01. The van der Waals surface area contributed by atoms with E-state index in [2.05, 4.69) is 20.0 Å². The van der Waals surface area contributed by atoms with Crippen molar-refractivity contribution in [2.24, 2.45) is 16.5 Å². The molecule has 2 amide bonds. The molecular weight excluding hydrogens is 554 g/mol. The molecular formula is C23H30ClN7O5S2. The molecule has 0 saturated carbocycles. The summed E-state index contributed by atoms with van der Waals surface area (Å²) in [5.41, 5.74) is 11.2. The third kappa shape index (κ3) is 9.04. The average molecular weight is 584 g/mol. The Hall–Kier alpha value is -3.07. The number of ketones is 1. The summed E-state index contributed by atoms with van der Waals surface area (Å²) < 4.78 is 27.8. The number of aliphatic imine (C=N–C) groups is 1. The van der Waals surface area contributed by atoms with Crippen molar-refractivity contribution in [3.05, 3.63) is 51.4 Å². The van der Waals surface area contributed by atoms with Gasteiger partial charge in [0.05, 0.1) is 18.3 Å². The minimum Gasteiger partial charge on any atom is -0.370 e. The molecule has 206 valence electrons. The maximum Gasteiger partial charge on any atom is 0.241 e. The van der Waals surface area contributed by atoms with E-state index in [-0.39, 0.29) is 48.6 Å². The van der Waals surface area contributed by atoms with E-state index in [1.807, 2.05) is 0 Å². The van der Waals surface area contributed by atoms with Gasteiger partial charge in [-0.2, -0.15) is 0 Å². The van der Waals surface area contributed by atoms with Crippen LogP contribution in [0, 0.1) is 0 Å². The Morgan fingerprint density at radius 3 is 2.66 bits per heavy atom. The third-order valence-corrected chi connectivity index (χ3v) is 8.09. The number of piperidine rings is 1. The van der Waals surface area contributed by atoms with E-state index in [9.17, 15) is 22.8 Å². The van der Waals surface area contributed by atoms with Crippen LogP contribution in [-0.4, -0.2) is 73.6 Å². The number of nitrogens with two attached hydrogens (primary N) is 2. The van der Waals surface area contributed by atoms with Gasteiger partial charge >= 0.3 is 0 Å². The zero-order chi connectivity index (χ0) is 27.7. The number of likely N-dealkylation sites (tertiary alicyclic amines) is 1. The van der Waals surface area contributed by atoms with E-state index in [1.54, 1.807) is 29.6 Å². The number of nitrogens with one attached hydrogen (secondary N) is 2. The van der Waals surface area contributed by atoms with E-state index in [1.165, 1.54) is 11.1 Å². The summed E-state index contributed by atoms with van der Waals surface area (Å²) in [6, 6.07) is 4.51. The normalized spacial score (nSPS) is 16.6. The third-order valence-electron chi connectivity index (χ3n) is 5.70. The molecule has 1 aliphatic heterocycles. The molecule has 2 heterocycles. The Balaban J connectivity index is 1.59. The number of amides is 2. The zero-order valence-corrected chi connectivity index (χ0v) is 22.9. The van der Waals surface area contributed by atoms with Gasteiger partial charge in [0.1, 0.15) is 6.04 Å². The smallest absolute Gasteiger partial charge is 0.241 e. The van der Waals surface area contributed by atoms with Crippen LogP contribution >= 0.6 is 22.9 Å². The highest BCUT2D eigenvalue weighted by molar-refractivity contribution is 7.88. The molecule has 15 heteroatoms. The van der Waals surface area contributed by atoms with E-state index < -0.39 is 33.9 Å². The van der Waals surface area contributed by atoms with E-state index in [0.717, 1.165) is 11.3 Å². The molecule has 38 heavy (non-hydrogen) atoms. The highest BCUT2D eigenvalue weighted by Gasteiger charge is 2.33. The summed E-state index contributed by atoms with van der Waals surface area (Å²) in [7, 11) is -3.83. The summed E-state index contributed by atoms with van der Waals surface area (Å²) in [6.45, 7) is 0.253. The molecule has 0 spiro atoms. The minimum atomic E-state index is -3.83. The number of carbonyl (C=O) groups excluding carboxylic acids is 3. The molecule has 1 aliphatic rings. The molecule has 2 aromatic rings. The van der Waals surface area contributed by atoms with E-state index >= 15 is 0 Å². The first-order valence-electron chi connectivity index (χ1n) is 11.9. The number of halogens is 1. The monoisotopic (exact) mass is 583 g/mol. The fourth-order valence-electron chi connectivity index (χ4n) is 3.94. The number of hydrogen-bond donors (Lipinski definition) is 4. The van der Waals surface area contributed by atoms with Crippen molar-refractivity contribution in [2.45, 2.75) is 43.5 Å². The fraction of sp³-hybridized carbons (Fsp3) is 0.435. The first kappa shape index (κ1) is 29.5. The van der Waals surface area contributed by atoms with Crippen LogP contribution in [0.15, 0.2) is 40.8 Å². The van der Waals surface area contributed by atoms with Gasteiger partial charge in [-0.25, -0.2) is 18.1 Å². The van der Waals surface area contributed by atoms with Crippen molar-refractivity contribution in [3.8, 4) is 0 Å². The second-order valence-corrected chi connectivity index (χ2v) is 11.8. The molecule has 1 saturated heterocycles. The van der Waals surface area contributed by atoms with Gasteiger partial charge in [-0.3, -0.25) is 19.4 Å². The number of carbonyl (C=O) groups is 3. The lowest BCUT2D eigenvalue weighted by molar-refractivity contribution is -0.139. The number of Topliss-reactive ketones (excluding diaryl/α,β-unsaturated/α-hetero) is 1. The standard InChI is InChI=1S/C23H30ClN7O5S2/c24-16-7-5-15(6-8-16)14-38(35,36)30-18-4-2-11-31(22(18)34)13-19(32)29-17(3-1-9-28-23(25)26)20(33)21-27-10-12-37-21/h5-8,10,12,17-18,30H,1-4,9,11,13-14H2,(H,29,32)(H4,25,26,28)/t17-,18-/m0/s1. The number of rotatable bonds is 13. The first-order chi connectivity index (χ1) is 18.0. The molecule has 12 nitrogen and oxygen atoms in total. The molecule has 1 aromatic carbocycles. The van der Waals surface area contributed by atoms with Crippen molar-refractivity contribution >= 4 is 56.5 Å². The van der Waals surface area contributed by atoms with Crippen LogP contribution in [0.1, 0.15) is 41.0 Å². The largest absolute Gasteiger partial charge is 0.370 e. The van der Waals surface area contributed by atoms with Gasteiger partial charge in [0.2, 0.25) is 27.6 Å². The van der Waals surface area contributed by atoms with Crippen LogP contribution in [0.25, 0.3) is 0 Å². The molecule has 6 N–H and O–H groups in total. The Kier molecular flexibility index (Phi) is 10.6. The predicted molar refractivity (Wildman–Crippen MR) is 145 cm³/mol. The second-order valence-electron chi connectivity index (χ2n) is 8.73. The van der Waals surface area contributed by atoms with E-state index in [4.69, 9.17) is 23.1 Å². The van der Waals surface area contributed by atoms with E-state index in [0.29, 0.717) is 29.8 Å². The number of sulfonamides is 1. The molecule has 0 radical (unpaired) electrons. The molecule has 1 fully saturated rings. The Labute approximate surface area is 229 Å². The van der Waals surface area contributed by atoms with Crippen LogP contribution in [0.2, 0.25) is 5.02 Å². The Morgan fingerprint density at radius 2 is 2.00 bits per heavy atom. The number of thiazole rings is 1. The molecule has 2 atom stereocenters. The molecule has 3 rings (SSSR count). The van der Waals surface area contributed by atoms with Gasteiger partial charge in [0.15, 0.2) is 11.0 Å². The lowest BCUT2D eigenvalue weighted by Gasteiger charge is -2.32. The second kappa shape index (κ2) is 13.6. The lowest BCUT2D eigenvalue weighted by Crippen LogP contribution is -2.55. The topological polar surface area (TPSA) is 190 Å². The number of hydrogen-bond acceptors (Lipinski definition) is 8. The average Bonchev–Trinajstić information content (AvgIpc) is 3.39. The summed E-state index contributed by atoms with van der Waals surface area (Å²) >= 11 is 7.01. The van der Waals surface area contributed by atoms with Crippen LogP contribution < -0.4 is 21.5 Å². The summed E-state index contributed by atoms with van der Waals surface area (Å²) in [5.74, 6) is -1.77. The SMILES string of the molecule is NC(N)=NCCC[C@H](NC(=O)CN1CCC[C@H](NS(=O)(=O)Cc2ccc(Cl)cc2)C1=O)C(=O)c1nccs1. The van der Waals surface area contributed by atoms with Gasteiger partial charge in [-0.15, -0.1) is 11.3 Å². The van der Waals surface area contributed by atoms with Gasteiger partial charge in [0, 0.05) is 29.7 Å². The van der Waals surface area contributed by atoms with Crippen LogP contribution in [0.4, 0.5) is 0 Å². The summed E-state index contributed by atoms with van der Waals surface area (Å²) in [4.78, 5) is 47.9. The van der Waals surface area contributed by atoms with Crippen LogP contribution in [0.5, 0.6) is 0 Å². The predicted octanol–water partition coefficient (Wildman–Crippen LogP) is 0.628. The number of nitrogens with zero attached hydrogens (tertiary/aromatic N) is 3. The fourth-order valence-corrected chi connectivity index (χ4v) is 6.07. The quantitative estimate of drug-likeness (QED) is 0.114. The molecule has 0 aliphatic carbocycles. The number of guanidine groups is 1. The molecule has 1 aromatic heterocycles. The molecule has 0 bridgehead atoms. The van der Waals surface area contributed by atoms with Crippen LogP contribution in [-0.2, 0) is 25.4 Å². The van der Waals surface area contributed by atoms with Gasteiger partial charge < -0.3 is 21.7 Å².